The quantitative estimate of drug-likeness (QED) is 0.331. The fraction of sp³-hybridized carbons (Fsp3) is 0.419. The van der Waals surface area contributed by atoms with E-state index in [2.05, 4.69) is 32.6 Å². The van der Waals surface area contributed by atoms with Gasteiger partial charge in [-0.25, -0.2) is 0 Å². The summed E-state index contributed by atoms with van der Waals surface area (Å²) in [6.45, 7) is 10.9. The van der Waals surface area contributed by atoms with Crippen LogP contribution < -0.4 is 4.18 Å². The van der Waals surface area contributed by atoms with Crippen LogP contribution >= 0.6 is 23.2 Å². The van der Waals surface area contributed by atoms with E-state index in [9.17, 15) is 18.0 Å². The monoisotopic (exact) mass is 601 g/mol. The predicted octanol–water partition coefficient (Wildman–Crippen LogP) is 7.47. The summed E-state index contributed by atoms with van der Waals surface area (Å²) in [5.41, 5.74) is 2.47. The van der Waals surface area contributed by atoms with E-state index in [0.29, 0.717) is 48.9 Å². The fourth-order valence-corrected chi connectivity index (χ4v) is 7.95. The summed E-state index contributed by atoms with van der Waals surface area (Å²) in [6, 6.07) is 10.7. The molecule has 0 saturated carbocycles. The van der Waals surface area contributed by atoms with Crippen LogP contribution in [0.3, 0.4) is 0 Å². The molecule has 6 nitrogen and oxygen atoms in total. The number of carbonyl (C=O) groups excluding carboxylic acids is 2. The number of allylic oxidation sites excluding steroid dienone is 4. The Morgan fingerprint density at radius 2 is 1.40 bits per heavy atom. The van der Waals surface area contributed by atoms with Crippen LogP contribution in [0.4, 0.5) is 0 Å². The number of carbonyl (C=O) groups is 2. The first-order valence-corrected chi connectivity index (χ1v) is 15.6. The minimum absolute atomic E-state index is 0.0172. The number of hydrogen-bond acceptors (Lipinski definition) is 6. The first-order chi connectivity index (χ1) is 18.6. The number of nitrogens with zero attached hydrogens (tertiary/aromatic N) is 1. The lowest BCUT2D eigenvalue weighted by molar-refractivity contribution is -0.119. The standard InChI is InChI=1S/C31H33Cl2NO5S/c1-6-34-22-14-30(2,3)16-24(35)27(22)26(28-23(34)15-31(4,5)17-25(28)36)20-12-18(32)13-21(33)29(20)39-40(37,38)19-10-8-7-9-11-19/h7-13,26H,6,14-17H2,1-5H3. The Morgan fingerprint density at radius 3 is 1.90 bits per heavy atom. The Hall–Kier alpha value is -2.61. The van der Waals surface area contributed by atoms with Crippen molar-refractivity contribution < 1.29 is 22.2 Å². The Balaban J connectivity index is 1.80. The summed E-state index contributed by atoms with van der Waals surface area (Å²) in [6.07, 6.45) is 1.87. The van der Waals surface area contributed by atoms with Crippen molar-refractivity contribution >= 4 is 44.9 Å². The van der Waals surface area contributed by atoms with Crippen molar-refractivity contribution in [3.05, 3.63) is 80.6 Å². The largest absolute Gasteiger partial charge is 0.377 e. The number of rotatable bonds is 5. The number of ketones is 2. The zero-order chi connectivity index (χ0) is 29.2. The molecule has 0 saturated heterocycles. The maximum atomic E-state index is 13.9. The van der Waals surface area contributed by atoms with Gasteiger partial charge < -0.3 is 9.08 Å². The smallest absolute Gasteiger partial charge is 0.339 e. The van der Waals surface area contributed by atoms with Gasteiger partial charge in [-0.3, -0.25) is 9.59 Å². The normalized spacial score (nSPS) is 20.9. The van der Waals surface area contributed by atoms with Gasteiger partial charge in [0.05, 0.1) is 5.02 Å². The molecule has 0 radical (unpaired) electrons. The van der Waals surface area contributed by atoms with Gasteiger partial charge in [0.25, 0.3) is 0 Å². The minimum Gasteiger partial charge on any atom is -0.377 e. The second-order valence-corrected chi connectivity index (χ2v) is 14.8. The second kappa shape index (κ2) is 10.0. The zero-order valence-electron chi connectivity index (χ0n) is 23.3. The molecule has 1 heterocycles. The van der Waals surface area contributed by atoms with Crippen molar-refractivity contribution in [2.24, 2.45) is 10.8 Å². The van der Waals surface area contributed by atoms with Gasteiger partial charge in [-0.05, 0) is 54.9 Å². The van der Waals surface area contributed by atoms with E-state index >= 15 is 0 Å². The van der Waals surface area contributed by atoms with Gasteiger partial charge in [-0.1, -0.05) is 69.1 Å². The molecule has 2 aromatic rings. The van der Waals surface area contributed by atoms with Crippen LogP contribution in [-0.4, -0.2) is 31.4 Å². The van der Waals surface area contributed by atoms with Gasteiger partial charge in [0.2, 0.25) is 0 Å². The number of halogens is 2. The summed E-state index contributed by atoms with van der Waals surface area (Å²) in [7, 11) is -4.29. The van der Waals surface area contributed by atoms with E-state index in [1.54, 1.807) is 24.3 Å². The van der Waals surface area contributed by atoms with Gasteiger partial charge in [-0.2, -0.15) is 8.42 Å². The number of hydrogen-bond donors (Lipinski definition) is 0. The summed E-state index contributed by atoms with van der Waals surface area (Å²) < 4.78 is 32.4. The van der Waals surface area contributed by atoms with E-state index in [0.717, 1.165) is 11.4 Å². The molecule has 0 atom stereocenters. The molecule has 0 unspecified atom stereocenters. The van der Waals surface area contributed by atoms with Crippen molar-refractivity contribution in [3.8, 4) is 5.75 Å². The third-order valence-electron chi connectivity index (χ3n) is 7.91. The molecule has 0 aromatic heterocycles. The van der Waals surface area contributed by atoms with Crippen LogP contribution in [0.1, 0.15) is 71.8 Å². The SMILES string of the molecule is CCN1C2=C(C(=O)CC(C)(C)C2)C(c2cc(Cl)cc(Cl)c2OS(=O)(=O)c2ccccc2)C2=C1CC(C)(C)CC2=O. The van der Waals surface area contributed by atoms with E-state index in [-0.39, 0.29) is 43.1 Å². The lowest BCUT2D eigenvalue weighted by Gasteiger charge is -2.49. The second-order valence-electron chi connectivity index (χ2n) is 12.4. The van der Waals surface area contributed by atoms with Crippen LogP contribution in [0, 0.1) is 10.8 Å². The molecule has 40 heavy (non-hydrogen) atoms. The third kappa shape index (κ3) is 5.12. The third-order valence-corrected chi connectivity index (χ3v) is 9.65. The highest BCUT2D eigenvalue weighted by atomic mass is 35.5. The Morgan fingerprint density at radius 1 is 0.875 bits per heavy atom. The predicted molar refractivity (Wildman–Crippen MR) is 156 cm³/mol. The van der Waals surface area contributed by atoms with E-state index < -0.39 is 16.0 Å². The maximum Gasteiger partial charge on any atom is 0.339 e. The molecule has 0 bridgehead atoms. The van der Waals surface area contributed by atoms with Crippen LogP contribution in [-0.2, 0) is 19.7 Å². The number of Topliss-reactive ketones (excluding diaryl/α,β-unsaturated/α-hetero) is 2. The van der Waals surface area contributed by atoms with Crippen LogP contribution in [0.2, 0.25) is 10.0 Å². The average molecular weight is 603 g/mol. The van der Waals surface area contributed by atoms with Gasteiger partial charge >= 0.3 is 10.1 Å². The summed E-state index contributed by atoms with van der Waals surface area (Å²) in [4.78, 5) is 30.0. The molecular formula is C31H33Cl2NO5S. The van der Waals surface area contributed by atoms with Gasteiger partial charge in [0.1, 0.15) is 4.90 Å². The zero-order valence-corrected chi connectivity index (χ0v) is 25.6. The van der Waals surface area contributed by atoms with E-state index in [1.807, 2.05) is 6.92 Å². The van der Waals surface area contributed by atoms with Gasteiger partial charge in [0.15, 0.2) is 17.3 Å². The molecule has 9 heteroatoms. The first-order valence-electron chi connectivity index (χ1n) is 13.4. The molecule has 2 aromatic carbocycles. The molecule has 0 N–H and O–H groups in total. The number of benzene rings is 2. The maximum absolute atomic E-state index is 13.9. The average Bonchev–Trinajstić information content (AvgIpc) is 2.83. The highest BCUT2D eigenvalue weighted by Crippen LogP contribution is 2.56. The summed E-state index contributed by atoms with van der Waals surface area (Å²) in [5.74, 6) is -1.13. The van der Waals surface area contributed by atoms with Crippen molar-refractivity contribution in [2.75, 3.05) is 6.54 Å². The summed E-state index contributed by atoms with van der Waals surface area (Å²) >= 11 is 13.1. The molecule has 1 aliphatic heterocycles. The minimum atomic E-state index is -4.29. The van der Waals surface area contributed by atoms with E-state index in [4.69, 9.17) is 27.4 Å². The Kier molecular flexibility index (Phi) is 7.25. The molecule has 212 valence electrons. The molecular weight excluding hydrogens is 569 g/mol. The van der Waals surface area contributed by atoms with Gasteiger partial charge in [0, 0.05) is 58.4 Å². The highest BCUT2D eigenvalue weighted by molar-refractivity contribution is 7.87. The van der Waals surface area contributed by atoms with Crippen molar-refractivity contribution in [3.63, 3.8) is 0 Å². The molecule has 0 spiro atoms. The molecule has 2 aliphatic carbocycles. The molecule has 5 rings (SSSR count). The topological polar surface area (TPSA) is 80.8 Å². The first kappa shape index (κ1) is 28.9. The van der Waals surface area contributed by atoms with Crippen LogP contribution in [0.25, 0.3) is 0 Å². The fourth-order valence-electron chi connectivity index (χ4n) is 6.37. The summed E-state index contributed by atoms with van der Waals surface area (Å²) in [5, 5.41) is 0.232. The Bertz CT molecular complexity index is 1530. The van der Waals surface area contributed by atoms with Crippen molar-refractivity contribution in [1.82, 2.24) is 4.90 Å². The van der Waals surface area contributed by atoms with Crippen LogP contribution in [0.5, 0.6) is 5.75 Å². The molecule has 0 amide bonds. The van der Waals surface area contributed by atoms with E-state index in [1.165, 1.54) is 18.2 Å². The molecule has 3 aliphatic rings. The highest BCUT2D eigenvalue weighted by Gasteiger charge is 2.49. The van der Waals surface area contributed by atoms with Gasteiger partial charge in [-0.15, -0.1) is 0 Å². The molecule has 0 fully saturated rings. The van der Waals surface area contributed by atoms with Crippen LogP contribution in [0.15, 0.2) is 69.9 Å². The Labute approximate surface area is 246 Å². The van der Waals surface area contributed by atoms with Crippen molar-refractivity contribution in [2.45, 2.75) is 71.1 Å². The lowest BCUT2D eigenvalue weighted by Crippen LogP contribution is -2.44. The van der Waals surface area contributed by atoms with Crippen molar-refractivity contribution in [1.29, 1.82) is 0 Å². The lowest BCUT2D eigenvalue weighted by atomic mass is 9.63.